The Balaban J connectivity index is 2.83. The zero-order valence-electron chi connectivity index (χ0n) is 7.88. The molecule has 0 fully saturated rings. The summed E-state index contributed by atoms with van der Waals surface area (Å²) in [5.41, 5.74) is 6.49. The van der Waals surface area contributed by atoms with Gasteiger partial charge in [-0.15, -0.1) is 0 Å². The second kappa shape index (κ2) is 4.23. The first-order chi connectivity index (χ1) is 6.13. The molecule has 0 saturated carbocycles. The maximum atomic E-state index is 13.1. The number of nitrogens with two attached hydrogens (primary N) is 1. The molecule has 0 spiro atoms. The van der Waals surface area contributed by atoms with Gasteiger partial charge < -0.3 is 10.5 Å². The van der Waals surface area contributed by atoms with Crippen molar-refractivity contribution in [1.29, 1.82) is 0 Å². The Morgan fingerprint density at radius 3 is 2.69 bits per heavy atom. The molecule has 0 amide bonds. The standard InChI is InChI=1S/C10H14FNO/c1-7(12)5-8-3-4-10(13-2)9(11)6-8/h3-4,6-7H,5,12H2,1-2H3/t7-/m0/s1. The Kier molecular flexibility index (Phi) is 3.25. The Hall–Kier alpha value is -1.09. The molecule has 0 unspecified atom stereocenters. The molecule has 0 saturated heterocycles. The van der Waals surface area contributed by atoms with Gasteiger partial charge in [-0.3, -0.25) is 0 Å². The lowest BCUT2D eigenvalue weighted by molar-refractivity contribution is 0.386. The summed E-state index contributed by atoms with van der Waals surface area (Å²) < 4.78 is 17.9. The minimum Gasteiger partial charge on any atom is -0.494 e. The molecule has 0 heterocycles. The zero-order valence-corrected chi connectivity index (χ0v) is 7.88. The van der Waals surface area contributed by atoms with E-state index in [2.05, 4.69) is 0 Å². The lowest BCUT2D eigenvalue weighted by atomic mass is 10.1. The summed E-state index contributed by atoms with van der Waals surface area (Å²) in [7, 11) is 1.45. The first-order valence-corrected chi connectivity index (χ1v) is 4.21. The summed E-state index contributed by atoms with van der Waals surface area (Å²) in [6, 6.07) is 4.95. The van der Waals surface area contributed by atoms with Gasteiger partial charge in [-0.05, 0) is 31.0 Å². The van der Waals surface area contributed by atoms with Crippen LogP contribution in [0.1, 0.15) is 12.5 Å². The third kappa shape index (κ3) is 2.70. The van der Waals surface area contributed by atoms with Crippen LogP contribution in [0.25, 0.3) is 0 Å². The van der Waals surface area contributed by atoms with Gasteiger partial charge in [0, 0.05) is 6.04 Å². The van der Waals surface area contributed by atoms with Gasteiger partial charge in [0.1, 0.15) is 0 Å². The molecule has 0 aromatic heterocycles. The van der Waals surface area contributed by atoms with Gasteiger partial charge in [0.25, 0.3) is 0 Å². The second-order valence-corrected chi connectivity index (χ2v) is 3.15. The third-order valence-electron chi connectivity index (χ3n) is 1.77. The Morgan fingerprint density at radius 1 is 1.54 bits per heavy atom. The number of hydrogen-bond acceptors (Lipinski definition) is 2. The summed E-state index contributed by atoms with van der Waals surface area (Å²) in [5.74, 6) is -0.0610. The van der Waals surface area contributed by atoms with Crippen molar-refractivity contribution in [1.82, 2.24) is 0 Å². The van der Waals surface area contributed by atoms with Gasteiger partial charge in [0.2, 0.25) is 0 Å². The molecule has 1 aromatic rings. The van der Waals surface area contributed by atoms with Crippen LogP contribution in [0, 0.1) is 5.82 Å². The minimum atomic E-state index is -0.333. The van der Waals surface area contributed by atoms with Crippen LogP contribution in [-0.4, -0.2) is 13.2 Å². The monoisotopic (exact) mass is 183 g/mol. The predicted octanol–water partition coefficient (Wildman–Crippen LogP) is 1.72. The fourth-order valence-electron chi connectivity index (χ4n) is 1.21. The fraction of sp³-hybridized carbons (Fsp3) is 0.400. The molecule has 0 aliphatic heterocycles. The Morgan fingerprint density at radius 2 is 2.23 bits per heavy atom. The fourth-order valence-corrected chi connectivity index (χ4v) is 1.21. The molecule has 3 heteroatoms. The number of ether oxygens (including phenoxy) is 1. The summed E-state index contributed by atoms with van der Waals surface area (Å²) in [5, 5.41) is 0. The van der Waals surface area contributed by atoms with E-state index < -0.39 is 0 Å². The van der Waals surface area contributed by atoms with Crippen LogP contribution < -0.4 is 10.5 Å². The van der Waals surface area contributed by atoms with Crippen molar-refractivity contribution in [3.8, 4) is 5.75 Å². The molecule has 2 nitrogen and oxygen atoms in total. The van der Waals surface area contributed by atoms with Gasteiger partial charge in [-0.1, -0.05) is 6.07 Å². The van der Waals surface area contributed by atoms with Gasteiger partial charge in [0.15, 0.2) is 11.6 Å². The van der Waals surface area contributed by atoms with Crippen molar-refractivity contribution in [2.45, 2.75) is 19.4 Å². The van der Waals surface area contributed by atoms with E-state index in [-0.39, 0.29) is 17.6 Å². The average molecular weight is 183 g/mol. The first kappa shape index (κ1) is 9.99. The van der Waals surface area contributed by atoms with Crippen molar-refractivity contribution < 1.29 is 9.13 Å². The van der Waals surface area contributed by atoms with E-state index >= 15 is 0 Å². The molecule has 13 heavy (non-hydrogen) atoms. The minimum absolute atomic E-state index is 0.0489. The Bertz CT molecular complexity index is 286. The highest BCUT2D eigenvalue weighted by atomic mass is 19.1. The third-order valence-corrected chi connectivity index (χ3v) is 1.77. The lowest BCUT2D eigenvalue weighted by Crippen LogP contribution is -2.17. The van der Waals surface area contributed by atoms with Crippen LogP contribution in [0.2, 0.25) is 0 Å². The van der Waals surface area contributed by atoms with Crippen LogP contribution in [0.4, 0.5) is 4.39 Å². The van der Waals surface area contributed by atoms with Crippen LogP contribution in [0.5, 0.6) is 5.75 Å². The van der Waals surface area contributed by atoms with E-state index in [4.69, 9.17) is 10.5 Å². The quantitative estimate of drug-likeness (QED) is 0.774. The molecule has 1 atom stereocenters. The van der Waals surface area contributed by atoms with Gasteiger partial charge >= 0.3 is 0 Å². The molecule has 2 N–H and O–H groups in total. The molecular weight excluding hydrogens is 169 g/mol. The number of hydrogen-bond donors (Lipinski definition) is 1. The normalized spacial score (nSPS) is 12.6. The van der Waals surface area contributed by atoms with Gasteiger partial charge in [0.05, 0.1) is 7.11 Å². The van der Waals surface area contributed by atoms with Crippen LogP contribution in [0.15, 0.2) is 18.2 Å². The maximum Gasteiger partial charge on any atom is 0.165 e. The number of halogens is 1. The number of benzene rings is 1. The second-order valence-electron chi connectivity index (χ2n) is 3.15. The molecule has 0 radical (unpaired) electrons. The molecule has 0 aliphatic rings. The van der Waals surface area contributed by atoms with Crippen molar-refractivity contribution in [3.05, 3.63) is 29.6 Å². The van der Waals surface area contributed by atoms with E-state index in [1.165, 1.54) is 13.2 Å². The number of methoxy groups -OCH3 is 1. The molecule has 0 aliphatic carbocycles. The largest absolute Gasteiger partial charge is 0.494 e. The van der Waals surface area contributed by atoms with Gasteiger partial charge in [-0.2, -0.15) is 0 Å². The summed E-state index contributed by atoms with van der Waals surface area (Å²) in [4.78, 5) is 0. The van der Waals surface area contributed by atoms with Crippen molar-refractivity contribution in [2.24, 2.45) is 5.73 Å². The lowest BCUT2D eigenvalue weighted by Gasteiger charge is -2.07. The zero-order chi connectivity index (χ0) is 9.84. The number of rotatable bonds is 3. The van der Waals surface area contributed by atoms with Gasteiger partial charge in [-0.25, -0.2) is 4.39 Å². The highest BCUT2D eigenvalue weighted by Gasteiger charge is 2.04. The molecule has 1 aromatic carbocycles. The van der Waals surface area contributed by atoms with Crippen molar-refractivity contribution in [3.63, 3.8) is 0 Å². The molecule has 0 bridgehead atoms. The van der Waals surface area contributed by atoms with Crippen molar-refractivity contribution in [2.75, 3.05) is 7.11 Å². The van der Waals surface area contributed by atoms with Crippen molar-refractivity contribution >= 4 is 0 Å². The van der Waals surface area contributed by atoms with E-state index in [0.717, 1.165) is 5.56 Å². The molecule has 1 rings (SSSR count). The average Bonchev–Trinajstić information content (AvgIpc) is 2.03. The van der Waals surface area contributed by atoms with E-state index in [0.29, 0.717) is 6.42 Å². The smallest absolute Gasteiger partial charge is 0.165 e. The predicted molar refractivity (Wildman–Crippen MR) is 50.3 cm³/mol. The van der Waals surface area contributed by atoms with Crippen LogP contribution in [-0.2, 0) is 6.42 Å². The summed E-state index contributed by atoms with van der Waals surface area (Å²) in [6.07, 6.45) is 0.681. The topological polar surface area (TPSA) is 35.2 Å². The SMILES string of the molecule is COc1ccc(C[C@H](C)N)cc1F. The van der Waals surface area contributed by atoms with Crippen LogP contribution in [0.3, 0.4) is 0 Å². The highest BCUT2D eigenvalue weighted by Crippen LogP contribution is 2.18. The van der Waals surface area contributed by atoms with E-state index in [1.54, 1.807) is 6.07 Å². The summed E-state index contributed by atoms with van der Waals surface area (Å²) in [6.45, 7) is 1.89. The maximum absolute atomic E-state index is 13.1. The Labute approximate surface area is 77.5 Å². The highest BCUT2D eigenvalue weighted by molar-refractivity contribution is 5.29. The first-order valence-electron chi connectivity index (χ1n) is 4.21. The van der Waals surface area contributed by atoms with E-state index in [1.807, 2.05) is 13.0 Å². The molecular formula is C10H14FNO. The van der Waals surface area contributed by atoms with Crippen LogP contribution >= 0.6 is 0 Å². The molecule has 72 valence electrons. The van der Waals surface area contributed by atoms with E-state index in [9.17, 15) is 4.39 Å². The summed E-state index contributed by atoms with van der Waals surface area (Å²) >= 11 is 0.